The summed E-state index contributed by atoms with van der Waals surface area (Å²) in [6, 6.07) is 4.21. The second-order valence-electron chi connectivity index (χ2n) is 5.42. The van der Waals surface area contributed by atoms with Gasteiger partial charge in [-0.1, -0.05) is 20.3 Å². The molecule has 0 spiro atoms. The van der Waals surface area contributed by atoms with Crippen LogP contribution in [0.4, 0.5) is 13.2 Å². The highest BCUT2D eigenvalue weighted by molar-refractivity contribution is 7.17. The molecule has 0 aliphatic heterocycles. The molecule has 0 saturated heterocycles. The minimum atomic E-state index is -4.45. The molecule has 0 radical (unpaired) electrons. The van der Waals surface area contributed by atoms with E-state index < -0.39 is 11.9 Å². The molecule has 2 aromatic rings. The Morgan fingerprint density at radius 2 is 2.13 bits per heavy atom. The molecule has 2 heterocycles. The lowest BCUT2D eigenvalue weighted by molar-refractivity contribution is -0.143. The summed E-state index contributed by atoms with van der Waals surface area (Å²) in [5.41, 5.74) is -0.602. The van der Waals surface area contributed by atoms with Crippen LogP contribution < -0.4 is 5.32 Å². The number of carbonyl (C=O) groups is 1. The van der Waals surface area contributed by atoms with Gasteiger partial charge in [0, 0.05) is 13.6 Å². The molecule has 1 amide bonds. The van der Waals surface area contributed by atoms with Crippen LogP contribution in [0, 0.1) is 5.92 Å². The van der Waals surface area contributed by atoms with Crippen molar-refractivity contribution in [1.29, 1.82) is 0 Å². The number of aromatic nitrogens is 2. The smallest absolute Gasteiger partial charge is 0.351 e. The maximum Gasteiger partial charge on any atom is 0.433 e. The molecular weight excluding hydrogens is 327 g/mol. The average molecular weight is 345 g/mol. The Morgan fingerprint density at radius 3 is 2.70 bits per heavy atom. The van der Waals surface area contributed by atoms with E-state index in [1.165, 1.54) is 7.05 Å². The molecule has 1 unspecified atom stereocenters. The van der Waals surface area contributed by atoms with Gasteiger partial charge in [-0.2, -0.15) is 18.3 Å². The molecule has 4 nitrogen and oxygen atoms in total. The average Bonchev–Trinajstić information content (AvgIpc) is 3.10. The number of nitrogens with zero attached hydrogens (tertiary/aromatic N) is 2. The maximum absolute atomic E-state index is 12.8. The van der Waals surface area contributed by atoms with Crippen LogP contribution in [0.5, 0.6) is 0 Å². The number of carbonyl (C=O) groups excluding carboxylic acids is 1. The van der Waals surface area contributed by atoms with E-state index in [0.29, 0.717) is 22.2 Å². The molecule has 8 heteroatoms. The van der Waals surface area contributed by atoms with Crippen molar-refractivity contribution < 1.29 is 18.0 Å². The van der Waals surface area contributed by atoms with E-state index in [0.717, 1.165) is 28.5 Å². The molecular formula is C15H18F3N3OS. The molecule has 126 valence electrons. The quantitative estimate of drug-likeness (QED) is 0.892. The molecule has 0 fully saturated rings. The van der Waals surface area contributed by atoms with Crippen molar-refractivity contribution >= 4 is 17.2 Å². The Labute approximate surface area is 136 Å². The SMILES string of the molecule is CCC(C)CNC(=O)c1ccc(-c2cc(C(F)(F)F)n(C)n2)s1. The fraction of sp³-hybridized carbons (Fsp3) is 0.467. The predicted octanol–water partition coefficient (Wildman–Crippen LogP) is 3.94. The second kappa shape index (κ2) is 6.74. The van der Waals surface area contributed by atoms with Gasteiger partial charge in [0.1, 0.15) is 11.4 Å². The number of aryl methyl sites for hydroxylation is 1. The third kappa shape index (κ3) is 4.13. The van der Waals surface area contributed by atoms with Crippen LogP contribution in [-0.2, 0) is 13.2 Å². The molecule has 1 atom stereocenters. The van der Waals surface area contributed by atoms with Gasteiger partial charge in [0.15, 0.2) is 0 Å². The van der Waals surface area contributed by atoms with Crippen LogP contribution in [0.2, 0.25) is 0 Å². The van der Waals surface area contributed by atoms with Crippen molar-refractivity contribution in [3.05, 3.63) is 28.8 Å². The minimum Gasteiger partial charge on any atom is -0.351 e. The van der Waals surface area contributed by atoms with E-state index in [9.17, 15) is 18.0 Å². The maximum atomic E-state index is 12.8. The highest BCUT2D eigenvalue weighted by Gasteiger charge is 2.35. The Morgan fingerprint density at radius 1 is 1.43 bits per heavy atom. The summed E-state index contributed by atoms with van der Waals surface area (Å²) in [6.07, 6.45) is -3.49. The fourth-order valence-corrected chi connectivity index (χ4v) is 2.83. The number of hydrogen-bond acceptors (Lipinski definition) is 3. The van der Waals surface area contributed by atoms with E-state index in [1.807, 2.05) is 13.8 Å². The standard InChI is InChI=1S/C15H18F3N3OS/c1-4-9(2)8-19-14(22)12-6-5-11(23-12)10-7-13(15(16,17)18)21(3)20-10/h5-7,9H,4,8H2,1-3H3,(H,19,22). The lowest BCUT2D eigenvalue weighted by Crippen LogP contribution is -2.27. The van der Waals surface area contributed by atoms with E-state index in [2.05, 4.69) is 10.4 Å². The summed E-state index contributed by atoms with van der Waals surface area (Å²) in [6.45, 7) is 4.65. The van der Waals surface area contributed by atoms with E-state index in [1.54, 1.807) is 12.1 Å². The van der Waals surface area contributed by atoms with Gasteiger partial charge in [-0.3, -0.25) is 9.48 Å². The third-order valence-electron chi connectivity index (χ3n) is 3.56. The molecule has 0 saturated carbocycles. The van der Waals surface area contributed by atoms with Gasteiger partial charge in [-0.25, -0.2) is 0 Å². The first-order chi connectivity index (χ1) is 10.7. The van der Waals surface area contributed by atoms with E-state index in [4.69, 9.17) is 0 Å². The zero-order chi connectivity index (χ0) is 17.2. The first kappa shape index (κ1) is 17.5. The Balaban J connectivity index is 2.15. The van der Waals surface area contributed by atoms with Crippen LogP contribution in [0.1, 0.15) is 35.6 Å². The Bertz CT molecular complexity index is 690. The summed E-state index contributed by atoms with van der Waals surface area (Å²) in [7, 11) is 1.25. The van der Waals surface area contributed by atoms with Crippen molar-refractivity contribution in [3.8, 4) is 10.6 Å². The zero-order valence-electron chi connectivity index (χ0n) is 13.1. The summed E-state index contributed by atoms with van der Waals surface area (Å²) in [4.78, 5) is 13.0. The summed E-state index contributed by atoms with van der Waals surface area (Å²) < 4.78 is 39.2. The number of halogens is 3. The highest BCUT2D eigenvalue weighted by atomic mass is 32.1. The van der Waals surface area contributed by atoms with Gasteiger partial charge in [0.2, 0.25) is 0 Å². The number of hydrogen-bond donors (Lipinski definition) is 1. The third-order valence-corrected chi connectivity index (χ3v) is 4.67. The number of amides is 1. The van der Waals surface area contributed by atoms with Gasteiger partial charge in [0.05, 0.1) is 9.75 Å². The van der Waals surface area contributed by atoms with Crippen LogP contribution in [0.15, 0.2) is 18.2 Å². The molecule has 0 bridgehead atoms. The Hall–Kier alpha value is -1.83. The summed E-state index contributed by atoms with van der Waals surface area (Å²) in [5, 5.41) is 6.70. The van der Waals surface area contributed by atoms with Gasteiger partial charge in [-0.05, 0) is 24.1 Å². The summed E-state index contributed by atoms with van der Waals surface area (Å²) >= 11 is 1.13. The molecule has 2 aromatic heterocycles. The molecule has 0 aliphatic rings. The lowest BCUT2D eigenvalue weighted by atomic mass is 10.1. The molecule has 0 aliphatic carbocycles. The van der Waals surface area contributed by atoms with Crippen LogP contribution in [-0.4, -0.2) is 22.2 Å². The minimum absolute atomic E-state index is 0.214. The lowest BCUT2D eigenvalue weighted by Gasteiger charge is -2.08. The molecule has 1 N–H and O–H groups in total. The van der Waals surface area contributed by atoms with Crippen LogP contribution >= 0.6 is 11.3 Å². The number of alkyl halides is 3. The second-order valence-corrected chi connectivity index (χ2v) is 6.51. The highest BCUT2D eigenvalue weighted by Crippen LogP contribution is 2.34. The van der Waals surface area contributed by atoms with Gasteiger partial charge in [0.25, 0.3) is 5.91 Å². The van der Waals surface area contributed by atoms with Crippen LogP contribution in [0.3, 0.4) is 0 Å². The van der Waals surface area contributed by atoms with Crippen molar-refractivity contribution in [1.82, 2.24) is 15.1 Å². The van der Waals surface area contributed by atoms with Crippen LogP contribution in [0.25, 0.3) is 10.6 Å². The molecule has 0 aromatic carbocycles. The van der Waals surface area contributed by atoms with E-state index >= 15 is 0 Å². The van der Waals surface area contributed by atoms with Crippen molar-refractivity contribution in [2.24, 2.45) is 13.0 Å². The molecule has 2 rings (SSSR count). The Kier molecular flexibility index (Phi) is 5.13. The van der Waals surface area contributed by atoms with Gasteiger partial charge < -0.3 is 5.32 Å². The van der Waals surface area contributed by atoms with Crippen molar-refractivity contribution in [3.63, 3.8) is 0 Å². The zero-order valence-corrected chi connectivity index (χ0v) is 13.9. The topological polar surface area (TPSA) is 46.9 Å². The molecule has 23 heavy (non-hydrogen) atoms. The number of nitrogens with one attached hydrogen (secondary N) is 1. The van der Waals surface area contributed by atoms with Crippen molar-refractivity contribution in [2.75, 3.05) is 6.54 Å². The first-order valence-corrected chi connectivity index (χ1v) is 8.03. The fourth-order valence-electron chi connectivity index (χ4n) is 1.95. The largest absolute Gasteiger partial charge is 0.433 e. The first-order valence-electron chi connectivity index (χ1n) is 7.22. The monoisotopic (exact) mass is 345 g/mol. The van der Waals surface area contributed by atoms with Gasteiger partial charge in [-0.15, -0.1) is 11.3 Å². The number of thiophene rings is 1. The van der Waals surface area contributed by atoms with Crippen molar-refractivity contribution in [2.45, 2.75) is 26.4 Å². The van der Waals surface area contributed by atoms with E-state index in [-0.39, 0.29) is 11.6 Å². The number of rotatable bonds is 5. The predicted molar refractivity (Wildman–Crippen MR) is 83.3 cm³/mol. The normalized spacial score (nSPS) is 13.1. The summed E-state index contributed by atoms with van der Waals surface area (Å²) in [5.74, 6) is 0.164. The van der Waals surface area contributed by atoms with Gasteiger partial charge >= 0.3 is 6.18 Å².